The number of H-pyrrole nitrogens is 1. The molecule has 2 heterocycles. The molecule has 0 radical (unpaired) electrons. The largest absolute Gasteiger partial charge is 0.495 e. The van der Waals surface area contributed by atoms with E-state index in [1.54, 1.807) is 25.2 Å². The summed E-state index contributed by atoms with van der Waals surface area (Å²) in [5.74, 6) is -0.0381. The normalized spacial score (nSPS) is 15.1. The van der Waals surface area contributed by atoms with Crippen LogP contribution in [0.1, 0.15) is 5.56 Å². The van der Waals surface area contributed by atoms with Gasteiger partial charge in [-0.25, -0.2) is 12.7 Å². The van der Waals surface area contributed by atoms with Crippen molar-refractivity contribution < 1.29 is 17.9 Å². The fraction of sp³-hybridized carbons (Fsp3) is 0.375. The summed E-state index contributed by atoms with van der Waals surface area (Å²) < 4.78 is 31.7. The molecule has 8 nitrogen and oxygen atoms in total. The number of rotatable bonds is 7. The highest BCUT2D eigenvalue weighted by Crippen LogP contribution is 2.34. The van der Waals surface area contributed by atoms with Crippen LogP contribution in [-0.2, 0) is 21.2 Å². The third-order valence-corrected chi connectivity index (χ3v) is 8.72. The molecule has 1 aliphatic rings. The van der Waals surface area contributed by atoms with Crippen molar-refractivity contribution in [2.45, 2.75) is 15.1 Å². The minimum atomic E-state index is -3.75. The number of carbonyl (C=O) groups is 1. The molecule has 1 saturated heterocycles. The van der Waals surface area contributed by atoms with Gasteiger partial charge in [0, 0.05) is 56.9 Å². The van der Waals surface area contributed by atoms with Crippen molar-refractivity contribution >= 4 is 67.3 Å². The van der Waals surface area contributed by atoms with Crippen LogP contribution in [0.4, 0.5) is 5.69 Å². The summed E-state index contributed by atoms with van der Waals surface area (Å²) in [6.07, 6.45) is 2.49. The number of alkyl halides is 3. The second-order valence-corrected chi connectivity index (χ2v) is 12.9. The van der Waals surface area contributed by atoms with Crippen molar-refractivity contribution in [1.82, 2.24) is 14.2 Å². The molecular weight excluding hydrogens is 547 g/mol. The van der Waals surface area contributed by atoms with Gasteiger partial charge in [-0.05, 0) is 36.2 Å². The van der Waals surface area contributed by atoms with Crippen LogP contribution < -0.4 is 9.64 Å². The van der Waals surface area contributed by atoms with Crippen molar-refractivity contribution in [3.05, 3.63) is 54.2 Å². The number of ether oxygens (including phenoxy) is 1. The number of anilines is 1. The molecule has 0 spiro atoms. The molecule has 12 heteroatoms. The lowest BCUT2D eigenvalue weighted by molar-refractivity contribution is -0.130. The number of amides is 1. The maximum Gasteiger partial charge on any atom is 0.274 e. The second kappa shape index (κ2) is 10.7. The number of fused-ring (bicyclic) bond motifs is 1. The lowest BCUT2D eigenvalue weighted by atomic mass is 10.1. The third-order valence-electron chi connectivity index (χ3n) is 6.38. The molecule has 0 aliphatic carbocycles. The van der Waals surface area contributed by atoms with Crippen LogP contribution >= 0.6 is 34.8 Å². The van der Waals surface area contributed by atoms with E-state index in [4.69, 9.17) is 39.5 Å². The number of likely N-dealkylation sites (N-methyl/N-ethyl adjacent to an activating group) is 1. The first-order valence-electron chi connectivity index (χ1n) is 11.3. The number of hydrogen-bond acceptors (Lipinski definition) is 5. The Labute approximate surface area is 225 Å². The molecule has 1 amide bonds. The van der Waals surface area contributed by atoms with Crippen molar-refractivity contribution in [1.29, 1.82) is 0 Å². The number of piperazine rings is 1. The lowest BCUT2D eigenvalue weighted by Crippen LogP contribution is -2.51. The number of sulfonamides is 1. The number of nitrogens with one attached hydrogen (secondary N) is 1. The lowest BCUT2D eigenvalue weighted by Gasteiger charge is -2.37. The Morgan fingerprint density at radius 2 is 1.81 bits per heavy atom. The van der Waals surface area contributed by atoms with Crippen molar-refractivity contribution in [3.8, 4) is 5.75 Å². The van der Waals surface area contributed by atoms with E-state index in [0.29, 0.717) is 50.6 Å². The van der Waals surface area contributed by atoms with E-state index < -0.39 is 19.7 Å². The number of hydrogen-bond donors (Lipinski definition) is 1. The van der Waals surface area contributed by atoms with E-state index in [9.17, 15) is 13.2 Å². The monoisotopic (exact) mass is 572 g/mol. The first-order chi connectivity index (χ1) is 17.0. The number of carbonyl (C=O) groups excluding carboxylic acids is 1. The fourth-order valence-corrected chi connectivity index (χ4v) is 5.87. The maximum absolute atomic E-state index is 13.4. The Kier molecular flexibility index (Phi) is 7.97. The van der Waals surface area contributed by atoms with Gasteiger partial charge < -0.3 is 19.5 Å². The molecule has 1 aromatic heterocycles. The van der Waals surface area contributed by atoms with Gasteiger partial charge in [0.1, 0.15) is 5.75 Å². The van der Waals surface area contributed by atoms with Crippen LogP contribution in [0.15, 0.2) is 53.6 Å². The van der Waals surface area contributed by atoms with Crippen LogP contribution in [0, 0.1) is 0 Å². The maximum atomic E-state index is 13.4. The number of para-hydroxylation sites is 1. The van der Waals surface area contributed by atoms with Crippen LogP contribution in [-0.4, -0.2) is 79.2 Å². The molecule has 0 atom stereocenters. The highest BCUT2D eigenvalue weighted by atomic mass is 35.6. The number of methoxy groups -OCH3 is 1. The van der Waals surface area contributed by atoms with E-state index in [-0.39, 0.29) is 4.90 Å². The number of halogens is 3. The number of aromatic amines is 1. The SMILES string of the molecule is COc1ccc(S(=O)(=O)N(C)CCc2c[nH]c3ccccc23)cc1N1CCN(C(=O)C(Cl)(Cl)Cl)CC1. The van der Waals surface area contributed by atoms with Gasteiger partial charge in [0.2, 0.25) is 10.0 Å². The molecule has 4 rings (SSSR count). The van der Waals surface area contributed by atoms with Gasteiger partial charge in [-0.1, -0.05) is 53.0 Å². The molecule has 194 valence electrons. The third kappa shape index (κ3) is 5.55. The first-order valence-corrected chi connectivity index (χ1v) is 13.9. The molecule has 3 aromatic rings. The molecule has 2 aromatic carbocycles. The van der Waals surface area contributed by atoms with E-state index in [1.807, 2.05) is 35.4 Å². The average molecular weight is 574 g/mol. The van der Waals surface area contributed by atoms with Gasteiger partial charge >= 0.3 is 0 Å². The van der Waals surface area contributed by atoms with Crippen molar-refractivity contribution in [3.63, 3.8) is 0 Å². The summed E-state index contributed by atoms with van der Waals surface area (Å²) in [6.45, 7) is 1.85. The quantitative estimate of drug-likeness (QED) is 0.431. The van der Waals surface area contributed by atoms with Crippen LogP contribution in [0.3, 0.4) is 0 Å². The highest BCUT2D eigenvalue weighted by molar-refractivity contribution is 7.89. The second-order valence-electron chi connectivity index (χ2n) is 8.55. The molecule has 36 heavy (non-hydrogen) atoms. The van der Waals surface area contributed by atoms with E-state index >= 15 is 0 Å². The average Bonchev–Trinajstić information content (AvgIpc) is 3.29. The number of nitrogens with zero attached hydrogens (tertiary/aromatic N) is 3. The molecule has 0 saturated carbocycles. The van der Waals surface area contributed by atoms with Crippen LogP contribution in [0.5, 0.6) is 5.75 Å². The minimum Gasteiger partial charge on any atom is -0.495 e. The standard InChI is InChI=1S/C24H27Cl3N4O4S/c1-29(10-9-17-16-28-20-6-4-3-5-19(17)20)36(33,34)18-7-8-22(35-2)21(15-18)30-11-13-31(14-12-30)23(32)24(25,26)27/h3-8,15-16,28H,9-14H2,1-2H3. The van der Waals surface area contributed by atoms with Gasteiger partial charge in [-0.15, -0.1) is 0 Å². The van der Waals surface area contributed by atoms with E-state index in [0.717, 1.165) is 16.5 Å². The van der Waals surface area contributed by atoms with E-state index in [1.165, 1.54) is 16.3 Å². The van der Waals surface area contributed by atoms with Gasteiger partial charge in [-0.3, -0.25) is 4.79 Å². The van der Waals surface area contributed by atoms with Crippen molar-refractivity contribution in [2.24, 2.45) is 0 Å². The topological polar surface area (TPSA) is 85.9 Å². The molecule has 0 unspecified atom stereocenters. The highest BCUT2D eigenvalue weighted by Gasteiger charge is 2.37. The first kappa shape index (κ1) is 26.9. The van der Waals surface area contributed by atoms with Gasteiger partial charge in [-0.2, -0.15) is 0 Å². The number of aromatic nitrogens is 1. The zero-order valence-electron chi connectivity index (χ0n) is 19.9. The predicted molar refractivity (Wildman–Crippen MR) is 144 cm³/mol. The summed E-state index contributed by atoms with van der Waals surface area (Å²) in [5.41, 5.74) is 2.71. The Bertz CT molecular complexity index is 1350. The smallest absolute Gasteiger partial charge is 0.274 e. The van der Waals surface area contributed by atoms with Gasteiger partial charge in [0.05, 0.1) is 17.7 Å². The van der Waals surface area contributed by atoms with Gasteiger partial charge in [0.25, 0.3) is 9.70 Å². The zero-order valence-corrected chi connectivity index (χ0v) is 23.0. The predicted octanol–water partition coefficient (Wildman–Crippen LogP) is 4.06. The van der Waals surface area contributed by atoms with E-state index in [2.05, 4.69) is 4.98 Å². The molecule has 0 bridgehead atoms. The number of benzene rings is 2. The fourth-order valence-electron chi connectivity index (χ4n) is 4.32. The van der Waals surface area contributed by atoms with Crippen LogP contribution in [0.25, 0.3) is 10.9 Å². The summed E-state index contributed by atoms with van der Waals surface area (Å²) >= 11 is 17.2. The molecule has 1 N–H and O–H groups in total. The summed E-state index contributed by atoms with van der Waals surface area (Å²) in [4.78, 5) is 19.1. The van der Waals surface area contributed by atoms with Crippen molar-refractivity contribution in [2.75, 3.05) is 51.8 Å². The molecule has 1 fully saturated rings. The Morgan fingerprint density at radius 1 is 1.11 bits per heavy atom. The van der Waals surface area contributed by atoms with Gasteiger partial charge in [0.15, 0.2) is 0 Å². The summed E-state index contributed by atoms with van der Waals surface area (Å²) in [7, 11) is -0.642. The van der Waals surface area contributed by atoms with Crippen LogP contribution in [0.2, 0.25) is 0 Å². The molecule has 1 aliphatic heterocycles. The Balaban J connectivity index is 1.49. The zero-order chi connectivity index (χ0) is 26.1. The minimum absolute atomic E-state index is 0.166. The Hall–Kier alpha value is -2.17. The summed E-state index contributed by atoms with van der Waals surface area (Å²) in [6, 6.07) is 12.7. The molecular formula is C24H27Cl3N4O4S. The summed E-state index contributed by atoms with van der Waals surface area (Å²) in [5, 5.41) is 1.09. The Morgan fingerprint density at radius 3 is 2.47 bits per heavy atom.